The highest BCUT2D eigenvalue weighted by Crippen LogP contribution is 2.29. The van der Waals surface area contributed by atoms with Crippen molar-refractivity contribution in [3.05, 3.63) is 71.8 Å². The van der Waals surface area contributed by atoms with Gasteiger partial charge in [0.05, 0.1) is 18.6 Å². The van der Waals surface area contributed by atoms with Gasteiger partial charge in [-0.2, -0.15) is 0 Å². The molecule has 0 aromatic heterocycles. The summed E-state index contributed by atoms with van der Waals surface area (Å²) in [6, 6.07) is 18.8. The monoisotopic (exact) mass is 592 g/mol. The number of nitrogens with zero attached hydrogens (tertiary/aromatic N) is 1. The second-order valence-corrected chi connectivity index (χ2v) is 11.6. The number of amides is 3. The van der Waals surface area contributed by atoms with Gasteiger partial charge in [0, 0.05) is 24.9 Å². The zero-order valence-corrected chi connectivity index (χ0v) is 26.5. The van der Waals surface area contributed by atoms with Crippen molar-refractivity contribution in [3.8, 4) is 0 Å². The van der Waals surface area contributed by atoms with E-state index in [-0.39, 0.29) is 42.0 Å². The molecule has 2 aromatic carbocycles. The van der Waals surface area contributed by atoms with Gasteiger partial charge in [0.1, 0.15) is 0 Å². The second kappa shape index (κ2) is 20.4. The van der Waals surface area contributed by atoms with Crippen molar-refractivity contribution < 1.29 is 19.2 Å². The summed E-state index contributed by atoms with van der Waals surface area (Å²) in [7, 11) is 1.71. The number of likely N-dealkylation sites (tertiary alicyclic amines) is 1. The van der Waals surface area contributed by atoms with E-state index in [1.165, 1.54) is 38.5 Å². The maximum atomic E-state index is 12.6. The molecule has 236 valence electrons. The van der Waals surface area contributed by atoms with Crippen molar-refractivity contribution in [1.82, 2.24) is 20.9 Å². The van der Waals surface area contributed by atoms with Gasteiger partial charge in [-0.1, -0.05) is 113 Å². The van der Waals surface area contributed by atoms with Crippen LogP contribution in [0.2, 0.25) is 0 Å². The molecule has 3 N–H and O–H groups in total. The number of benzene rings is 2. The van der Waals surface area contributed by atoms with Gasteiger partial charge in [0.2, 0.25) is 18.2 Å². The molecule has 2 aromatic rings. The van der Waals surface area contributed by atoms with Crippen LogP contribution in [-0.2, 0) is 19.2 Å². The lowest BCUT2D eigenvalue weighted by atomic mass is 9.81. The zero-order chi connectivity index (χ0) is 31.5. The number of carbonyl (C=O) groups is 4. The van der Waals surface area contributed by atoms with Crippen molar-refractivity contribution in [2.45, 2.75) is 90.1 Å². The van der Waals surface area contributed by atoms with Gasteiger partial charge in [0.15, 0.2) is 5.78 Å². The van der Waals surface area contributed by atoms with Crippen LogP contribution in [0.25, 0.3) is 0 Å². The number of ketones is 1. The van der Waals surface area contributed by atoms with Crippen LogP contribution in [-0.4, -0.2) is 67.7 Å². The zero-order valence-electron chi connectivity index (χ0n) is 26.5. The molecule has 1 saturated carbocycles. The molecule has 2 atom stereocenters. The summed E-state index contributed by atoms with van der Waals surface area (Å²) < 4.78 is 0. The topological polar surface area (TPSA) is 108 Å². The fraction of sp³-hybridized carbons (Fsp3) is 0.543. The number of nitrogens with one attached hydrogen (secondary N) is 3. The van der Waals surface area contributed by atoms with Gasteiger partial charge in [0.25, 0.3) is 0 Å². The summed E-state index contributed by atoms with van der Waals surface area (Å²) in [4.78, 5) is 48.3. The molecule has 2 fully saturated rings. The summed E-state index contributed by atoms with van der Waals surface area (Å²) >= 11 is 0. The Balaban J connectivity index is 0.000000263. The number of carbonyl (C=O) groups excluding carboxylic acids is 4. The predicted octanol–water partition coefficient (Wildman–Crippen LogP) is 4.83. The van der Waals surface area contributed by atoms with Crippen molar-refractivity contribution in [2.75, 3.05) is 26.7 Å². The lowest BCUT2D eigenvalue weighted by Crippen LogP contribution is -2.45. The molecule has 3 amide bonds. The summed E-state index contributed by atoms with van der Waals surface area (Å²) in [5.41, 5.74) is 2.03. The maximum Gasteiger partial charge on any atom is 0.241 e. The van der Waals surface area contributed by atoms with Crippen molar-refractivity contribution in [2.24, 2.45) is 5.92 Å². The molecule has 1 aliphatic carbocycles. The van der Waals surface area contributed by atoms with Crippen LogP contribution in [0.4, 0.5) is 0 Å². The fourth-order valence-electron chi connectivity index (χ4n) is 5.26. The summed E-state index contributed by atoms with van der Waals surface area (Å²) in [5, 5.41) is 8.17. The molecular weight excluding hydrogens is 540 g/mol. The van der Waals surface area contributed by atoms with Gasteiger partial charge >= 0.3 is 0 Å². The van der Waals surface area contributed by atoms with E-state index in [1.807, 2.05) is 74.5 Å². The molecule has 43 heavy (non-hydrogen) atoms. The Morgan fingerprint density at radius 3 is 1.63 bits per heavy atom. The average molecular weight is 593 g/mol. The Labute approximate surface area is 258 Å². The molecule has 4 rings (SSSR count). The van der Waals surface area contributed by atoms with E-state index in [0.717, 1.165) is 37.1 Å². The summed E-state index contributed by atoms with van der Waals surface area (Å²) in [6.07, 6.45) is 11.8. The Bertz CT molecular complexity index is 1030. The molecule has 0 spiro atoms. The third-order valence-electron chi connectivity index (χ3n) is 7.97. The van der Waals surface area contributed by atoms with Gasteiger partial charge in [-0.3, -0.25) is 19.2 Å². The molecule has 1 saturated heterocycles. The number of likely N-dealkylation sites (N-methyl/N-ethyl adjacent to an activating group) is 1. The highest BCUT2D eigenvalue weighted by molar-refractivity contribution is 5.89. The first-order valence-corrected chi connectivity index (χ1v) is 15.9. The largest absolute Gasteiger partial charge is 0.348 e. The number of hydrogen-bond acceptors (Lipinski definition) is 5. The first kappa shape index (κ1) is 35.7. The molecule has 2 unspecified atom stereocenters. The van der Waals surface area contributed by atoms with E-state index in [2.05, 4.69) is 16.0 Å². The van der Waals surface area contributed by atoms with Crippen LogP contribution >= 0.6 is 0 Å². The molecule has 0 radical (unpaired) electrons. The van der Waals surface area contributed by atoms with E-state index in [1.54, 1.807) is 18.9 Å². The van der Waals surface area contributed by atoms with Crippen LogP contribution in [0.1, 0.15) is 89.2 Å². The quantitative estimate of drug-likeness (QED) is 0.324. The first-order valence-electron chi connectivity index (χ1n) is 15.9. The molecule has 0 bridgehead atoms. The van der Waals surface area contributed by atoms with Gasteiger partial charge in [-0.05, 0) is 37.9 Å². The molecular formula is C35H52N4O4. The maximum absolute atomic E-state index is 12.6. The van der Waals surface area contributed by atoms with Crippen LogP contribution in [0.5, 0.6) is 0 Å². The van der Waals surface area contributed by atoms with E-state index >= 15 is 0 Å². The van der Waals surface area contributed by atoms with Gasteiger partial charge in [-0.25, -0.2) is 0 Å². The minimum atomic E-state index is -0.567. The van der Waals surface area contributed by atoms with Gasteiger partial charge < -0.3 is 20.9 Å². The lowest BCUT2D eigenvalue weighted by Gasteiger charge is -2.28. The van der Waals surface area contributed by atoms with E-state index in [0.29, 0.717) is 6.41 Å². The van der Waals surface area contributed by atoms with Crippen LogP contribution < -0.4 is 16.0 Å². The number of rotatable bonds is 11. The Kier molecular flexibility index (Phi) is 16.9. The minimum Gasteiger partial charge on any atom is -0.348 e. The fourth-order valence-corrected chi connectivity index (χ4v) is 5.26. The number of Topliss-reactive ketones (excluding diaryl/α,β-unsaturated/α-hetero) is 1. The standard InChI is InChI=1S/C19H21NO2.C10H19N3O2.C6H12/c1-14(2)19(22)18(20-13-21)17(15-9-5-3-6-10-15)16-11-7-4-8-12-16;1-8(11-2)10(15)12-7-9(14)13-5-3-4-6-13;1-2-4-6-5-3-1/h3-14,17-18H,1-2H3,(H,20,21);8,11H,3-7H2,1-2H3,(H,12,15);1-6H2. The highest BCUT2D eigenvalue weighted by Gasteiger charge is 2.31. The smallest absolute Gasteiger partial charge is 0.241 e. The van der Waals surface area contributed by atoms with Crippen LogP contribution in [0.3, 0.4) is 0 Å². The normalized spacial score (nSPS) is 15.7. The molecule has 2 aliphatic rings. The molecule has 1 aliphatic heterocycles. The third kappa shape index (κ3) is 12.7. The second-order valence-electron chi connectivity index (χ2n) is 11.6. The van der Waals surface area contributed by atoms with Crippen molar-refractivity contribution in [1.29, 1.82) is 0 Å². The molecule has 1 heterocycles. The van der Waals surface area contributed by atoms with Crippen LogP contribution in [0, 0.1) is 5.92 Å². The van der Waals surface area contributed by atoms with E-state index in [4.69, 9.17) is 0 Å². The highest BCUT2D eigenvalue weighted by atomic mass is 16.2. The van der Waals surface area contributed by atoms with Crippen molar-refractivity contribution >= 4 is 24.0 Å². The van der Waals surface area contributed by atoms with Gasteiger partial charge in [-0.15, -0.1) is 0 Å². The first-order chi connectivity index (χ1) is 20.8. The summed E-state index contributed by atoms with van der Waals surface area (Å²) in [6.45, 7) is 7.25. The third-order valence-corrected chi connectivity index (χ3v) is 7.97. The lowest BCUT2D eigenvalue weighted by molar-refractivity contribution is -0.132. The van der Waals surface area contributed by atoms with E-state index in [9.17, 15) is 19.2 Å². The SMILES string of the molecule is C1CCCCC1.CC(C)C(=O)C(NC=O)C(c1ccccc1)c1ccccc1.CNC(C)C(=O)NCC(=O)N1CCCC1. The Morgan fingerprint density at radius 2 is 1.23 bits per heavy atom. The van der Waals surface area contributed by atoms with Crippen molar-refractivity contribution in [3.63, 3.8) is 0 Å². The summed E-state index contributed by atoms with van der Waals surface area (Å²) in [5.74, 6) is -0.422. The average Bonchev–Trinajstić information content (AvgIpc) is 3.60. The Hall–Kier alpha value is -3.52. The molecule has 8 nitrogen and oxygen atoms in total. The molecule has 8 heteroatoms. The minimum absolute atomic E-state index is 0.0177. The number of hydrogen-bond donors (Lipinski definition) is 3. The van der Waals surface area contributed by atoms with E-state index < -0.39 is 6.04 Å². The predicted molar refractivity (Wildman–Crippen MR) is 173 cm³/mol. The Morgan fingerprint density at radius 1 is 0.767 bits per heavy atom. The van der Waals surface area contributed by atoms with Crippen LogP contribution in [0.15, 0.2) is 60.7 Å².